The molecule has 4 heteroatoms. The van der Waals surface area contributed by atoms with E-state index >= 15 is 0 Å². The van der Waals surface area contributed by atoms with Gasteiger partial charge in [-0.25, -0.2) is 0 Å². The zero-order valence-electron chi connectivity index (χ0n) is 11.1. The summed E-state index contributed by atoms with van der Waals surface area (Å²) in [7, 11) is 0. The van der Waals surface area contributed by atoms with Crippen LogP contribution in [0.1, 0.15) is 41.6 Å². The third kappa shape index (κ3) is 3.96. The van der Waals surface area contributed by atoms with Gasteiger partial charge in [-0.2, -0.15) is 0 Å². The number of amides is 1. The molecule has 0 bridgehead atoms. The summed E-state index contributed by atoms with van der Waals surface area (Å²) < 4.78 is 0. The van der Waals surface area contributed by atoms with Crippen LogP contribution in [-0.4, -0.2) is 17.3 Å². The van der Waals surface area contributed by atoms with Gasteiger partial charge in [-0.3, -0.25) is 4.79 Å². The number of carbonyl (C=O) groups excluding carboxylic acids is 1. The minimum Gasteiger partial charge on any atom is -0.352 e. The fourth-order valence-electron chi connectivity index (χ4n) is 2.48. The molecule has 104 valence electrons. The molecule has 0 saturated heterocycles. The highest BCUT2D eigenvalue weighted by molar-refractivity contribution is 9.09. The first-order chi connectivity index (χ1) is 9.08. The first-order valence-electron chi connectivity index (χ1n) is 6.75. The van der Waals surface area contributed by atoms with Crippen LogP contribution in [0.4, 0.5) is 0 Å². The summed E-state index contributed by atoms with van der Waals surface area (Å²) in [6.45, 7) is 2.67. The molecule has 1 aliphatic rings. The van der Waals surface area contributed by atoms with Crippen molar-refractivity contribution in [2.24, 2.45) is 5.92 Å². The summed E-state index contributed by atoms with van der Waals surface area (Å²) in [5, 5.41) is 3.57. The molecule has 1 saturated carbocycles. The molecule has 2 rings (SSSR count). The summed E-state index contributed by atoms with van der Waals surface area (Å²) in [6.07, 6.45) is 4.76. The molecule has 0 radical (unpaired) electrons. The highest BCUT2D eigenvalue weighted by Crippen LogP contribution is 2.28. The Morgan fingerprint density at radius 1 is 1.37 bits per heavy atom. The van der Waals surface area contributed by atoms with E-state index in [1.807, 2.05) is 19.1 Å². The smallest absolute Gasteiger partial charge is 0.252 e. The van der Waals surface area contributed by atoms with E-state index in [1.165, 1.54) is 25.7 Å². The molecule has 0 aliphatic heterocycles. The zero-order valence-corrected chi connectivity index (χ0v) is 13.4. The molecule has 0 atom stereocenters. The number of aryl methyl sites for hydroxylation is 1. The van der Waals surface area contributed by atoms with E-state index in [2.05, 4.69) is 21.2 Å². The largest absolute Gasteiger partial charge is 0.352 e. The number of nitrogens with one attached hydrogen (secondary N) is 1. The van der Waals surface area contributed by atoms with E-state index in [9.17, 15) is 4.79 Å². The molecule has 1 N–H and O–H groups in total. The highest BCUT2D eigenvalue weighted by atomic mass is 79.9. The van der Waals surface area contributed by atoms with Crippen LogP contribution in [0.5, 0.6) is 0 Å². The molecule has 1 aromatic rings. The fraction of sp³-hybridized carbons (Fsp3) is 0.533. The molecule has 2 nitrogen and oxygen atoms in total. The summed E-state index contributed by atoms with van der Waals surface area (Å²) in [6, 6.07) is 5.56. The van der Waals surface area contributed by atoms with Crippen molar-refractivity contribution in [1.29, 1.82) is 0 Å². The van der Waals surface area contributed by atoms with Gasteiger partial charge >= 0.3 is 0 Å². The Bertz CT molecular complexity index is 455. The van der Waals surface area contributed by atoms with E-state index in [4.69, 9.17) is 11.6 Å². The third-order valence-corrected chi connectivity index (χ3v) is 5.18. The second-order valence-electron chi connectivity index (χ2n) is 5.26. The lowest BCUT2D eigenvalue weighted by atomic mass is 9.89. The maximum absolute atomic E-state index is 12.1. The van der Waals surface area contributed by atoms with E-state index in [0.717, 1.165) is 12.1 Å². The molecule has 0 heterocycles. The van der Waals surface area contributed by atoms with E-state index in [0.29, 0.717) is 21.3 Å². The van der Waals surface area contributed by atoms with Crippen molar-refractivity contribution < 1.29 is 4.79 Å². The Hall–Kier alpha value is -0.540. The van der Waals surface area contributed by atoms with Crippen LogP contribution in [0.2, 0.25) is 5.02 Å². The average Bonchev–Trinajstić information content (AvgIpc) is 2.41. The Morgan fingerprint density at radius 2 is 2.05 bits per heavy atom. The van der Waals surface area contributed by atoms with Crippen LogP contribution in [0, 0.1) is 12.8 Å². The van der Waals surface area contributed by atoms with Crippen molar-refractivity contribution in [2.75, 3.05) is 6.54 Å². The number of benzene rings is 1. The minimum atomic E-state index is -0.0605. The monoisotopic (exact) mass is 343 g/mol. The number of hydrogen-bond donors (Lipinski definition) is 1. The second-order valence-corrected chi connectivity index (χ2v) is 6.94. The maximum Gasteiger partial charge on any atom is 0.252 e. The molecular formula is C15H19BrClNO. The maximum atomic E-state index is 12.1. The minimum absolute atomic E-state index is 0.0605. The number of carbonyl (C=O) groups is 1. The van der Waals surface area contributed by atoms with E-state index in [1.54, 1.807) is 6.07 Å². The SMILES string of the molecule is Cc1cccc(C(=O)NCC2CCC(Br)CC2)c1Cl. The zero-order chi connectivity index (χ0) is 13.8. The average molecular weight is 345 g/mol. The van der Waals surface area contributed by atoms with E-state index in [-0.39, 0.29) is 5.91 Å². The summed E-state index contributed by atoms with van der Waals surface area (Å²) in [5.74, 6) is 0.538. The number of rotatable bonds is 3. The van der Waals surface area contributed by atoms with Crippen molar-refractivity contribution in [2.45, 2.75) is 37.4 Å². The number of halogens is 2. The van der Waals surface area contributed by atoms with Crippen molar-refractivity contribution in [3.8, 4) is 0 Å². The summed E-state index contributed by atoms with van der Waals surface area (Å²) in [4.78, 5) is 12.8. The van der Waals surface area contributed by atoms with Crippen molar-refractivity contribution in [3.63, 3.8) is 0 Å². The van der Waals surface area contributed by atoms with Crippen molar-refractivity contribution in [3.05, 3.63) is 34.3 Å². The van der Waals surface area contributed by atoms with Gasteiger partial charge < -0.3 is 5.32 Å². The van der Waals surface area contributed by atoms with Crippen LogP contribution in [0.25, 0.3) is 0 Å². The Kier molecular flexibility index (Phi) is 5.28. The standard InChI is InChI=1S/C15H19BrClNO/c1-10-3-2-4-13(14(10)17)15(19)18-9-11-5-7-12(16)8-6-11/h2-4,11-12H,5-9H2,1H3,(H,18,19). The lowest BCUT2D eigenvalue weighted by Gasteiger charge is -2.25. The normalized spacial score (nSPS) is 23.1. The van der Waals surface area contributed by atoms with Crippen LogP contribution in [-0.2, 0) is 0 Å². The first-order valence-corrected chi connectivity index (χ1v) is 8.04. The Balaban J connectivity index is 1.89. The molecule has 0 aromatic heterocycles. The highest BCUT2D eigenvalue weighted by Gasteiger charge is 2.20. The number of hydrogen-bond acceptors (Lipinski definition) is 1. The quantitative estimate of drug-likeness (QED) is 0.812. The fourth-order valence-corrected chi connectivity index (χ4v) is 3.22. The van der Waals surface area contributed by atoms with Crippen molar-refractivity contribution >= 4 is 33.4 Å². The van der Waals surface area contributed by atoms with Gasteiger partial charge in [0.25, 0.3) is 5.91 Å². The van der Waals surface area contributed by atoms with Crippen LogP contribution in [0.15, 0.2) is 18.2 Å². The predicted molar refractivity (Wildman–Crippen MR) is 83.2 cm³/mol. The molecule has 0 spiro atoms. The predicted octanol–water partition coefficient (Wildman–Crippen LogP) is 4.33. The summed E-state index contributed by atoms with van der Waals surface area (Å²) >= 11 is 9.81. The van der Waals surface area contributed by atoms with Gasteiger partial charge in [0.15, 0.2) is 0 Å². The van der Waals surface area contributed by atoms with E-state index < -0.39 is 0 Å². The lowest BCUT2D eigenvalue weighted by molar-refractivity contribution is 0.0944. The van der Waals surface area contributed by atoms with Gasteiger partial charge in [-0.15, -0.1) is 0 Å². The molecule has 1 amide bonds. The lowest BCUT2D eigenvalue weighted by Crippen LogP contribution is -2.31. The molecule has 1 aliphatic carbocycles. The van der Waals surface area contributed by atoms with Gasteiger partial charge in [0, 0.05) is 11.4 Å². The molecule has 1 aromatic carbocycles. The third-order valence-electron chi connectivity index (χ3n) is 3.76. The van der Waals surface area contributed by atoms with Crippen molar-refractivity contribution in [1.82, 2.24) is 5.32 Å². The topological polar surface area (TPSA) is 29.1 Å². The summed E-state index contributed by atoms with van der Waals surface area (Å²) in [5.41, 5.74) is 1.52. The van der Waals surface area contributed by atoms with Gasteiger partial charge in [-0.05, 0) is 50.2 Å². The van der Waals surface area contributed by atoms with Crippen LogP contribution in [0.3, 0.4) is 0 Å². The molecule has 1 fully saturated rings. The Labute approximate surface area is 128 Å². The van der Waals surface area contributed by atoms with Gasteiger partial charge in [0.05, 0.1) is 10.6 Å². The number of alkyl halides is 1. The molecule has 19 heavy (non-hydrogen) atoms. The molecule has 0 unspecified atom stereocenters. The van der Waals surface area contributed by atoms with Gasteiger partial charge in [-0.1, -0.05) is 39.7 Å². The van der Waals surface area contributed by atoms with Crippen LogP contribution < -0.4 is 5.32 Å². The molecular weight excluding hydrogens is 326 g/mol. The van der Waals surface area contributed by atoms with Crippen LogP contribution >= 0.6 is 27.5 Å². The second kappa shape index (κ2) is 6.76. The van der Waals surface area contributed by atoms with Gasteiger partial charge in [0.1, 0.15) is 0 Å². The first kappa shape index (κ1) is 14.9. The van der Waals surface area contributed by atoms with Gasteiger partial charge in [0.2, 0.25) is 0 Å². The Morgan fingerprint density at radius 3 is 2.74 bits per heavy atom.